The van der Waals surface area contributed by atoms with Crippen LogP contribution in [0.4, 0.5) is 13.6 Å². The highest BCUT2D eigenvalue weighted by atomic mass is 35.5. The van der Waals surface area contributed by atoms with Crippen LogP contribution >= 0.6 is 11.6 Å². The number of amides is 2. The molecular formula is C35H33ClF2N4O3. The van der Waals surface area contributed by atoms with E-state index in [0.717, 1.165) is 39.2 Å². The number of rotatable bonds is 9. The lowest BCUT2D eigenvalue weighted by molar-refractivity contribution is -0.121. The first kappa shape index (κ1) is 31.7. The van der Waals surface area contributed by atoms with E-state index in [1.54, 1.807) is 51.4 Å². The number of fused-ring (bicyclic) bond motifs is 1. The van der Waals surface area contributed by atoms with E-state index in [2.05, 4.69) is 20.6 Å². The van der Waals surface area contributed by atoms with Crippen molar-refractivity contribution in [3.8, 4) is 11.1 Å². The molecule has 0 fully saturated rings. The fourth-order valence-corrected chi connectivity index (χ4v) is 5.26. The number of carbonyl (C=O) groups is 2. The number of pyridine rings is 1. The van der Waals surface area contributed by atoms with Crippen LogP contribution in [0.3, 0.4) is 0 Å². The summed E-state index contributed by atoms with van der Waals surface area (Å²) in [4.78, 5) is 33.5. The molecule has 3 aromatic carbocycles. The Labute approximate surface area is 265 Å². The van der Waals surface area contributed by atoms with E-state index in [1.165, 1.54) is 12.1 Å². The minimum Gasteiger partial charge on any atom is -0.444 e. The molecule has 3 N–H and O–H groups in total. The van der Waals surface area contributed by atoms with Crippen molar-refractivity contribution in [2.75, 3.05) is 0 Å². The van der Waals surface area contributed by atoms with Gasteiger partial charge in [0.2, 0.25) is 5.91 Å². The van der Waals surface area contributed by atoms with Gasteiger partial charge in [0, 0.05) is 46.5 Å². The van der Waals surface area contributed by atoms with Crippen molar-refractivity contribution < 1.29 is 23.1 Å². The molecule has 5 rings (SSSR count). The number of aromatic nitrogens is 2. The van der Waals surface area contributed by atoms with Gasteiger partial charge >= 0.3 is 6.09 Å². The van der Waals surface area contributed by atoms with Crippen molar-refractivity contribution in [3.05, 3.63) is 124 Å². The number of H-pyrrole nitrogens is 1. The Bertz CT molecular complexity index is 1810. The zero-order valence-corrected chi connectivity index (χ0v) is 25.8. The number of hydrogen-bond donors (Lipinski definition) is 3. The molecule has 0 aliphatic heterocycles. The molecule has 0 bridgehead atoms. The maximum Gasteiger partial charge on any atom is 0.407 e. The number of aromatic amines is 1. The topological polar surface area (TPSA) is 96.1 Å². The molecule has 0 aliphatic carbocycles. The van der Waals surface area contributed by atoms with Crippen LogP contribution in [-0.4, -0.2) is 27.6 Å². The van der Waals surface area contributed by atoms with Crippen molar-refractivity contribution >= 4 is 34.5 Å². The molecule has 10 heteroatoms. The van der Waals surface area contributed by atoms with Crippen LogP contribution in [0.1, 0.15) is 49.2 Å². The van der Waals surface area contributed by atoms with E-state index in [4.69, 9.17) is 16.3 Å². The lowest BCUT2D eigenvalue weighted by atomic mass is 9.95. The molecule has 1 atom stereocenters. The summed E-state index contributed by atoms with van der Waals surface area (Å²) in [6.45, 7) is 5.64. The van der Waals surface area contributed by atoms with Crippen LogP contribution in [0, 0.1) is 11.6 Å². The van der Waals surface area contributed by atoms with Crippen molar-refractivity contribution in [1.82, 2.24) is 20.6 Å². The minimum atomic E-state index is -0.704. The summed E-state index contributed by atoms with van der Waals surface area (Å²) in [7, 11) is 0. The van der Waals surface area contributed by atoms with Crippen LogP contribution in [0.2, 0.25) is 5.02 Å². The molecule has 2 amide bonds. The fraction of sp³-hybridized carbons (Fsp3) is 0.229. The van der Waals surface area contributed by atoms with E-state index in [0.29, 0.717) is 16.3 Å². The highest BCUT2D eigenvalue weighted by molar-refractivity contribution is 6.30. The Morgan fingerprint density at radius 1 is 0.978 bits per heavy atom. The van der Waals surface area contributed by atoms with Gasteiger partial charge < -0.3 is 20.4 Å². The maximum absolute atomic E-state index is 14.1. The number of hydrogen-bond acceptors (Lipinski definition) is 4. The van der Waals surface area contributed by atoms with Gasteiger partial charge in [0.05, 0.1) is 18.2 Å². The standard InChI is InChI=1S/C35H33ClF2N4O3/c1-35(2,3)45-34(44)41-19-21-6-11-30-29(15-21)24(20-40-30)17-32(43)42-31(16-22-13-26(37)18-27(38)14-22)33-28(5-4-12-39-33)23-7-9-25(36)10-8-23/h4-15,18,20,31,40H,16-17,19H2,1-3H3,(H,41,44)(H,42,43). The van der Waals surface area contributed by atoms with E-state index in [1.807, 2.05) is 36.4 Å². The lowest BCUT2D eigenvalue weighted by Crippen LogP contribution is -2.32. The fourth-order valence-electron chi connectivity index (χ4n) is 5.14. The first-order valence-corrected chi connectivity index (χ1v) is 14.8. The van der Waals surface area contributed by atoms with Gasteiger partial charge in [-0.05, 0) is 91.9 Å². The maximum atomic E-state index is 14.1. The van der Waals surface area contributed by atoms with Gasteiger partial charge in [-0.15, -0.1) is 0 Å². The van der Waals surface area contributed by atoms with Gasteiger partial charge in [-0.1, -0.05) is 35.9 Å². The Balaban J connectivity index is 1.40. The molecule has 7 nitrogen and oxygen atoms in total. The van der Waals surface area contributed by atoms with Gasteiger partial charge in [-0.2, -0.15) is 0 Å². The number of alkyl carbamates (subject to hydrolysis) is 1. The second kappa shape index (κ2) is 13.5. The minimum absolute atomic E-state index is 0.0278. The predicted octanol–water partition coefficient (Wildman–Crippen LogP) is 7.83. The first-order valence-electron chi connectivity index (χ1n) is 14.4. The molecule has 232 valence electrons. The highest BCUT2D eigenvalue weighted by Gasteiger charge is 2.22. The summed E-state index contributed by atoms with van der Waals surface area (Å²) in [5, 5.41) is 7.22. The average molecular weight is 631 g/mol. The molecule has 45 heavy (non-hydrogen) atoms. The van der Waals surface area contributed by atoms with E-state index in [9.17, 15) is 18.4 Å². The van der Waals surface area contributed by atoms with Gasteiger partial charge in [-0.25, -0.2) is 13.6 Å². The zero-order chi connectivity index (χ0) is 32.1. The van der Waals surface area contributed by atoms with Gasteiger partial charge in [0.15, 0.2) is 0 Å². The summed E-state index contributed by atoms with van der Waals surface area (Å²) >= 11 is 6.11. The molecule has 2 aromatic heterocycles. The van der Waals surface area contributed by atoms with Crippen molar-refractivity contribution in [2.45, 2.75) is 51.8 Å². The van der Waals surface area contributed by atoms with Crippen molar-refractivity contribution in [1.29, 1.82) is 0 Å². The number of nitrogens with zero attached hydrogens (tertiary/aromatic N) is 1. The molecule has 5 aromatic rings. The van der Waals surface area contributed by atoms with Crippen LogP contribution < -0.4 is 10.6 Å². The third-order valence-electron chi connectivity index (χ3n) is 7.04. The van der Waals surface area contributed by atoms with Gasteiger partial charge in [-0.3, -0.25) is 9.78 Å². The third kappa shape index (κ3) is 8.45. The SMILES string of the molecule is CC(C)(C)OC(=O)NCc1ccc2[nH]cc(CC(=O)NC(Cc3cc(F)cc(F)c3)c3ncccc3-c3ccc(Cl)cc3)c2c1. The molecule has 0 aliphatic rings. The smallest absolute Gasteiger partial charge is 0.407 e. The Morgan fingerprint density at radius 2 is 1.71 bits per heavy atom. The Morgan fingerprint density at radius 3 is 2.42 bits per heavy atom. The molecule has 0 saturated heterocycles. The zero-order valence-electron chi connectivity index (χ0n) is 25.1. The Kier molecular flexibility index (Phi) is 9.48. The van der Waals surface area contributed by atoms with Gasteiger partial charge in [0.1, 0.15) is 17.2 Å². The van der Waals surface area contributed by atoms with Crippen molar-refractivity contribution in [3.63, 3.8) is 0 Å². The largest absolute Gasteiger partial charge is 0.444 e. The van der Waals surface area contributed by atoms with E-state index < -0.39 is 29.4 Å². The number of benzene rings is 3. The number of carbonyl (C=O) groups excluding carboxylic acids is 2. The molecule has 0 spiro atoms. The number of halogens is 3. The van der Waals surface area contributed by atoms with E-state index in [-0.39, 0.29) is 25.3 Å². The summed E-state index contributed by atoms with van der Waals surface area (Å²) in [5.41, 5.74) is 4.31. The van der Waals surface area contributed by atoms with Crippen molar-refractivity contribution in [2.24, 2.45) is 0 Å². The monoisotopic (exact) mass is 630 g/mol. The first-order chi connectivity index (χ1) is 21.4. The van der Waals surface area contributed by atoms with Crippen LogP contribution in [-0.2, 0) is 28.9 Å². The lowest BCUT2D eigenvalue weighted by Gasteiger charge is -2.22. The summed E-state index contributed by atoms with van der Waals surface area (Å²) in [5.74, 6) is -1.71. The highest BCUT2D eigenvalue weighted by Crippen LogP contribution is 2.30. The number of nitrogens with one attached hydrogen (secondary N) is 3. The second-order valence-corrected chi connectivity index (χ2v) is 12.2. The second-order valence-electron chi connectivity index (χ2n) is 11.8. The molecule has 0 saturated carbocycles. The summed E-state index contributed by atoms with van der Waals surface area (Å²) in [6.07, 6.45) is 3.00. The molecular weight excluding hydrogens is 598 g/mol. The summed E-state index contributed by atoms with van der Waals surface area (Å²) in [6, 6.07) is 19.2. The molecule has 0 radical (unpaired) electrons. The summed E-state index contributed by atoms with van der Waals surface area (Å²) < 4.78 is 33.6. The van der Waals surface area contributed by atoms with Crippen LogP contribution in [0.5, 0.6) is 0 Å². The Hall–Kier alpha value is -4.76. The van der Waals surface area contributed by atoms with Gasteiger partial charge in [0.25, 0.3) is 0 Å². The quantitative estimate of drug-likeness (QED) is 0.155. The third-order valence-corrected chi connectivity index (χ3v) is 7.29. The number of ether oxygens (including phenoxy) is 1. The van der Waals surface area contributed by atoms with Crippen LogP contribution in [0.15, 0.2) is 85.2 Å². The average Bonchev–Trinajstić information content (AvgIpc) is 3.36. The van der Waals surface area contributed by atoms with E-state index >= 15 is 0 Å². The molecule has 2 heterocycles. The molecule has 1 unspecified atom stereocenters. The van der Waals surface area contributed by atoms with Crippen LogP contribution in [0.25, 0.3) is 22.0 Å². The predicted molar refractivity (Wildman–Crippen MR) is 171 cm³/mol. The normalized spacial score (nSPS) is 12.1.